The fourth-order valence-electron chi connectivity index (χ4n) is 6.20. The summed E-state index contributed by atoms with van der Waals surface area (Å²) in [6.45, 7) is 2.92. The SMILES string of the molecule is CC/C=C\CC(O)/C=C/C=C/C/C=C\C/C=C\C/C=C\CCC(=O)OC[C@H](COP(=O)(O)OC1[C@H](O)[C@H](O)C(O)[C@H](O)[C@H]1O)OC(=O)CC/C=C\C/C=C\C/C=C\C/C=C\C/C=C\CCCCC. The molecule has 0 aromatic heterocycles. The van der Waals surface area contributed by atoms with Gasteiger partial charge in [0.05, 0.1) is 12.7 Å². The highest BCUT2D eigenvalue weighted by atomic mass is 31.2. The van der Waals surface area contributed by atoms with Gasteiger partial charge in [0.2, 0.25) is 0 Å². The van der Waals surface area contributed by atoms with Crippen molar-refractivity contribution >= 4 is 19.8 Å². The second kappa shape index (κ2) is 40.8. The van der Waals surface area contributed by atoms with Gasteiger partial charge < -0.3 is 45.0 Å². The molecule has 0 amide bonds. The first kappa shape index (κ1) is 62.0. The second-order valence-electron chi connectivity index (χ2n) is 16.1. The number of aliphatic hydroxyl groups excluding tert-OH is 6. The van der Waals surface area contributed by atoms with Crippen molar-refractivity contribution < 1.29 is 68.2 Å². The molecule has 1 rings (SSSR count). The van der Waals surface area contributed by atoms with Gasteiger partial charge in [-0.15, -0.1) is 0 Å². The number of hydrogen-bond donors (Lipinski definition) is 7. The van der Waals surface area contributed by atoms with Crippen molar-refractivity contribution in [1.82, 2.24) is 0 Å². The van der Waals surface area contributed by atoms with E-state index in [9.17, 15) is 49.7 Å². The van der Waals surface area contributed by atoms with Crippen molar-refractivity contribution in [3.63, 3.8) is 0 Å². The minimum absolute atomic E-state index is 0.00183. The third kappa shape index (κ3) is 32.7. The van der Waals surface area contributed by atoms with Gasteiger partial charge in [0, 0.05) is 12.8 Å². The molecule has 1 aliphatic carbocycles. The van der Waals surface area contributed by atoms with Crippen LogP contribution >= 0.6 is 7.82 Å². The summed E-state index contributed by atoms with van der Waals surface area (Å²) in [5.41, 5.74) is 0. The number of rotatable bonds is 37. The number of unbranched alkanes of at least 4 members (excludes halogenated alkanes) is 3. The molecule has 15 heteroatoms. The lowest BCUT2D eigenvalue weighted by Crippen LogP contribution is -2.64. The smallest absolute Gasteiger partial charge is 0.462 e. The van der Waals surface area contributed by atoms with E-state index in [0.717, 1.165) is 44.9 Å². The van der Waals surface area contributed by atoms with Gasteiger partial charge in [-0.25, -0.2) is 4.57 Å². The Labute approximate surface area is 405 Å². The number of ether oxygens (including phenoxy) is 2. The van der Waals surface area contributed by atoms with E-state index < -0.39 is 81.8 Å². The van der Waals surface area contributed by atoms with Crippen LogP contribution in [-0.2, 0) is 32.7 Å². The highest BCUT2D eigenvalue weighted by Gasteiger charge is 2.51. The molecule has 9 atom stereocenters. The summed E-state index contributed by atoms with van der Waals surface area (Å²) in [5.74, 6) is -1.33. The molecule has 0 radical (unpaired) electrons. The highest BCUT2D eigenvalue weighted by Crippen LogP contribution is 2.47. The van der Waals surface area contributed by atoms with Crippen LogP contribution in [0.25, 0.3) is 0 Å². The Kier molecular flexibility index (Phi) is 37.2. The number of aliphatic hydroxyl groups is 6. The van der Waals surface area contributed by atoms with Crippen LogP contribution in [0.3, 0.4) is 0 Å². The first-order valence-corrected chi connectivity index (χ1v) is 25.6. The van der Waals surface area contributed by atoms with Crippen LogP contribution in [0.5, 0.6) is 0 Å². The van der Waals surface area contributed by atoms with Crippen molar-refractivity contribution in [2.75, 3.05) is 13.2 Å². The van der Waals surface area contributed by atoms with Gasteiger partial charge in [-0.2, -0.15) is 0 Å². The molecule has 0 aliphatic heterocycles. The van der Waals surface area contributed by atoms with E-state index in [-0.39, 0.29) is 12.8 Å². The predicted molar refractivity (Wildman–Crippen MR) is 268 cm³/mol. The van der Waals surface area contributed by atoms with E-state index in [1.54, 1.807) is 6.08 Å². The van der Waals surface area contributed by atoms with Gasteiger partial charge in [-0.3, -0.25) is 18.6 Å². The van der Waals surface area contributed by atoms with Gasteiger partial charge >= 0.3 is 19.8 Å². The van der Waals surface area contributed by atoms with E-state index in [2.05, 4.69) is 68.5 Å². The molecule has 0 saturated heterocycles. The van der Waals surface area contributed by atoms with Crippen LogP contribution in [0, 0.1) is 0 Å². The van der Waals surface area contributed by atoms with E-state index in [4.69, 9.17) is 18.5 Å². The minimum atomic E-state index is -5.18. The lowest BCUT2D eigenvalue weighted by atomic mass is 9.85. The summed E-state index contributed by atoms with van der Waals surface area (Å²) in [6.07, 6.45) is 42.8. The molecule has 1 fully saturated rings. The van der Waals surface area contributed by atoms with E-state index in [0.29, 0.717) is 32.1 Å². The average Bonchev–Trinajstić information content (AvgIpc) is 3.32. The first-order chi connectivity index (χ1) is 32.8. The number of hydrogen-bond acceptors (Lipinski definition) is 13. The average molecular weight is 973 g/mol. The van der Waals surface area contributed by atoms with E-state index in [1.165, 1.54) is 19.3 Å². The quantitative estimate of drug-likeness (QED) is 0.0101. The third-order valence-corrected chi connectivity index (χ3v) is 11.1. The van der Waals surface area contributed by atoms with Crippen LogP contribution in [0.1, 0.15) is 123 Å². The summed E-state index contributed by atoms with van der Waals surface area (Å²) < 4.78 is 33.4. The van der Waals surface area contributed by atoms with E-state index in [1.807, 2.05) is 72.9 Å². The summed E-state index contributed by atoms with van der Waals surface area (Å²) in [7, 11) is -5.18. The number of esters is 2. The van der Waals surface area contributed by atoms with Gasteiger partial charge in [0.1, 0.15) is 43.2 Å². The largest absolute Gasteiger partial charge is 0.472 e. The predicted octanol–water partition coefficient (Wildman–Crippen LogP) is 8.91. The van der Waals surface area contributed by atoms with Crippen molar-refractivity contribution in [2.24, 2.45) is 0 Å². The minimum Gasteiger partial charge on any atom is -0.462 e. The second-order valence-corrected chi connectivity index (χ2v) is 17.5. The van der Waals surface area contributed by atoms with Crippen molar-refractivity contribution in [1.29, 1.82) is 0 Å². The monoisotopic (exact) mass is 973 g/mol. The lowest BCUT2D eigenvalue weighted by molar-refractivity contribution is -0.220. The summed E-state index contributed by atoms with van der Waals surface area (Å²) in [6, 6.07) is 0. The number of carbonyl (C=O) groups excluding carboxylic acids is 2. The van der Waals surface area contributed by atoms with Crippen LogP contribution in [-0.4, -0.2) is 110 Å². The number of allylic oxidation sites excluding steroid dienone is 20. The highest BCUT2D eigenvalue weighted by molar-refractivity contribution is 7.47. The van der Waals surface area contributed by atoms with Crippen molar-refractivity contribution in [3.05, 3.63) is 134 Å². The fraction of sp³-hybridized carbons (Fsp3) is 0.547. The number of carbonyl (C=O) groups is 2. The molecule has 382 valence electrons. The molecule has 0 spiro atoms. The molecular weight excluding hydrogens is 892 g/mol. The van der Waals surface area contributed by atoms with Gasteiger partial charge in [-0.1, -0.05) is 160 Å². The number of phosphoric acid groups is 1. The van der Waals surface area contributed by atoms with E-state index >= 15 is 0 Å². The van der Waals surface area contributed by atoms with Crippen LogP contribution in [0.4, 0.5) is 0 Å². The molecule has 1 aliphatic rings. The molecule has 14 nitrogen and oxygen atoms in total. The Balaban J connectivity index is 2.58. The standard InChI is InChI=1S/C53H81O14P/c1-3-5-7-8-9-10-11-12-13-14-15-16-17-20-24-27-30-33-37-41-47(56)66-45(43-65-68(62,63)67-53-51(60)49(58)48(57)50(59)52(53)61)42-64-46(55)40-36-32-29-26-23-21-18-19-22-25-28-31-35-39-44(54)38-34-6-4-2/h6,9-10,12-13,15-16,19-24,28-35,39,44-45,48-54,57-61H,3-5,7-8,11,14,17-18,25-27,36-38,40-43H2,1-2H3,(H,62,63)/b10-9-,13-12-,16-15-,22-19-,23-21-,24-20-,31-28+,32-29-,33-30-,34-6-,39-35+/t44?,45-,48?,49-,50+,51-,52-,53?/m1/s1. The van der Waals surface area contributed by atoms with Crippen LogP contribution in [0.2, 0.25) is 0 Å². The molecule has 68 heavy (non-hydrogen) atoms. The topological polar surface area (TPSA) is 230 Å². The molecule has 7 N–H and O–H groups in total. The Morgan fingerprint density at radius 1 is 0.544 bits per heavy atom. The summed E-state index contributed by atoms with van der Waals surface area (Å²) in [5, 5.41) is 60.0. The van der Waals surface area contributed by atoms with Crippen molar-refractivity contribution in [3.8, 4) is 0 Å². The normalized spacial score (nSPS) is 22.7. The molecule has 0 bridgehead atoms. The van der Waals surface area contributed by atoms with Gasteiger partial charge in [0.25, 0.3) is 0 Å². The summed E-state index contributed by atoms with van der Waals surface area (Å²) in [4.78, 5) is 35.7. The van der Waals surface area contributed by atoms with Crippen LogP contribution < -0.4 is 0 Å². The molecule has 1 saturated carbocycles. The molecular formula is C53H81O14P. The van der Waals surface area contributed by atoms with Gasteiger partial charge in [-0.05, 0) is 83.5 Å². The zero-order chi connectivity index (χ0) is 50.1. The first-order valence-electron chi connectivity index (χ1n) is 24.1. The summed E-state index contributed by atoms with van der Waals surface area (Å²) >= 11 is 0. The van der Waals surface area contributed by atoms with Crippen LogP contribution in [0.15, 0.2) is 134 Å². The zero-order valence-corrected chi connectivity index (χ0v) is 41.1. The van der Waals surface area contributed by atoms with Crippen molar-refractivity contribution in [2.45, 2.75) is 172 Å². The fourth-order valence-corrected chi connectivity index (χ4v) is 7.17. The maximum Gasteiger partial charge on any atom is 0.472 e. The maximum atomic E-state index is 12.8. The molecule has 0 aromatic rings. The Morgan fingerprint density at radius 3 is 1.50 bits per heavy atom. The molecule has 0 aromatic carbocycles. The lowest BCUT2D eigenvalue weighted by Gasteiger charge is -2.41. The number of phosphoric ester groups is 1. The molecule has 4 unspecified atom stereocenters. The Morgan fingerprint density at radius 2 is 1.00 bits per heavy atom. The van der Waals surface area contributed by atoms with Gasteiger partial charge in [0.15, 0.2) is 6.10 Å². The third-order valence-electron chi connectivity index (χ3n) is 10.1. The Bertz CT molecular complexity index is 1710. The maximum absolute atomic E-state index is 12.8. The zero-order valence-electron chi connectivity index (χ0n) is 40.2. The molecule has 0 heterocycles. The Hall–Kier alpha value is -4.05.